The van der Waals surface area contributed by atoms with E-state index in [1.165, 1.54) is 5.56 Å². The highest BCUT2D eigenvalue weighted by atomic mass is 16.6. The lowest BCUT2D eigenvalue weighted by Gasteiger charge is -2.37. The van der Waals surface area contributed by atoms with Crippen LogP contribution in [0.2, 0.25) is 0 Å². The minimum Gasteiger partial charge on any atom is -0.489 e. The molecular formula is C39H52N2O6. The van der Waals surface area contributed by atoms with Gasteiger partial charge in [0.25, 0.3) is 0 Å². The molecule has 0 heterocycles. The van der Waals surface area contributed by atoms with Crippen molar-refractivity contribution in [1.29, 1.82) is 0 Å². The molecule has 8 heteroatoms. The van der Waals surface area contributed by atoms with E-state index in [-0.39, 0.29) is 13.0 Å². The molecule has 1 aliphatic carbocycles. The molecular weight excluding hydrogens is 592 g/mol. The largest absolute Gasteiger partial charge is 0.489 e. The Balaban J connectivity index is 1.61. The van der Waals surface area contributed by atoms with Gasteiger partial charge in [0.1, 0.15) is 23.6 Å². The summed E-state index contributed by atoms with van der Waals surface area (Å²) in [6, 6.07) is 25.0. The maximum atomic E-state index is 13.9. The zero-order valence-corrected chi connectivity index (χ0v) is 29.2. The Hall–Kier alpha value is -4.04. The van der Waals surface area contributed by atoms with Gasteiger partial charge in [0.2, 0.25) is 0 Å². The number of hydrogen-bond donors (Lipinski definition) is 2. The predicted octanol–water partition coefficient (Wildman–Crippen LogP) is 8.11. The van der Waals surface area contributed by atoms with Crippen LogP contribution in [0.5, 0.6) is 5.75 Å². The van der Waals surface area contributed by atoms with Crippen molar-refractivity contribution in [3.05, 3.63) is 101 Å². The molecule has 0 aromatic heterocycles. The van der Waals surface area contributed by atoms with Gasteiger partial charge < -0.3 is 24.6 Å². The maximum absolute atomic E-state index is 13.9. The number of nitrogens with one attached hydrogen (secondary N) is 1. The molecule has 254 valence electrons. The van der Waals surface area contributed by atoms with Crippen LogP contribution in [0.4, 0.5) is 9.59 Å². The van der Waals surface area contributed by atoms with Crippen LogP contribution in [-0.4, -0.2) is 52.1 Å². The fraction of sp³-hybridized carbons (Fsp3) is 0.487. The van der Waals surface area contributed by atoms with Crippen LogP contribution < -0.4 is 10.1 Å². The van der Waals surface area contributed by atoms with E-state index in [1.807, 2.05) is 87.5 Å². The molecule has 1 saturated carbocycles. The number of carbonyl (C=O) groups is 2. The van der Waals surface area contributed by atoms with E-state index >= 15 is 0 Å². The van der Waals surface area contributed by atoms with E-state index in [0.717, 1.165) is 29.5 Å². The van der Waals surface area contributed by atoms with Gasteiger partial charge in [-0.25, -0.2) is 9.59 Å². The van der Waals surface area contributed by atoms with E-state index in [0.29, 0.717) is 18.3 Å². The molecule has 2 unspecified atom stereocenters. The molecule has 3 aromatic carbocycles. The molecule has 1 aliphatic rings. The maximum Gasteiger partial charge on any atom is 0.411 e. The van der Waals surface area contributed by atoms with Gasteiger partial charge in [-0.1, -0.05) is 80.6 Å². The summed E-state index contributed by atoms with van der Waals surface area (Å²) in [5.74, 6) is 0.996. The Morgan fingerprint density at radius 1 is 0.851 bits per heavy atom. The van der Waals surface area contributed by atoms with Crippen LogP contribution in [0.1, 0.15) is 96.4 Å². The average molecular weight is 645 g/mol. The lowest BCUT2D eigenvalue weighted by Crippen LogP contribution is -2.54. The van der Waals surface area contributed by atoms with Crippen molar-refractivity contribution in [3.8, 4) is 5.75 Å². The number of amides is 2. The number of alkyl carbamates (subject to hydrolysis) is 1. The Morgan fingerprint density at radius 2 is 1.49 bits per heavy atom. The monoisotopic (exact) mass is 644 g/mol. The lowest BCUT2D eigenvalue weighted by atomic mass is 9.94. The van der Waals surface area contributed by atoms with E-state index in [1.54, 1.807) is 25.7 Å². The molecule has 1 fully saturated rings. The summed E-state index contributed by atoms with van der Waals surface area (Å²) in [6.45, 7) is 15.5. The number of aliphatic hydroxyl groups excluding tert-OH is 1. The van der Waals surface area contributed by atoms with Crippen molar-refractivity contribution in [2.45, 2.75) is 116 Å². The Kier molecular flexibility index (Phi) is 11.3. The summed E-state index contributed by atoms with van der Waals surface area (Å²) in [4.78, 5) is 28.6. The highest BCUT2D eigenvalue weighted by molar-refractivity contribution is 5.71. The minimum absolute atomic E-state index is 0.0501. The second-order valence-electron chi connectivity index (χ2n) is 14.8. The number of carbonyl (C=O) groups excluding carboxylic acids is 2. The van der Waals surface area contributed by atoms with Gasteiger partial charge in [0.05, 0.1) is 24.2 Å². The Morgan fingerprint density at radius 3 is 2.11 bits per heavy atom. The fourth-order valence-corrected chi connectivity index (χ4v) is 5.57. The molecule has 4 rings (SSSR count). The van der Waals surface area contributed by atoms with Crippen LogP contribution in [-0.2, 0) is 28.0 Å². The normalized spacial score (nSPS) is 15.4. The topological polar surface area (TPSA) is 97.3 Å². The molecule has 47 heavy (non-hydrogen) atoms. The van der Waals surface area contributed by atoms with Crippen molar-refractivity contribution in [1.82, 2.24) is 10.2 Å². The van der Waals surface area contributed by atoms with Gasteiger partial charge in [-0.05, 0) is 101 Å². The van der Waals surface area contributed by atoms with E-state index in [4.69, 9.17) is 14.2 Å². The molecule has 8 nitrogen and oxygen atoms in total. The quantitative estimate of drug-likeness (QED) is 0.207. The van der Waals surface area contributed by atoms with Crippen molar-refractivity contribution >= 4 is 12.2 Å². The molecule has 0 spiro atoms. The number of hydrogen-bond acceptors (Lipinski definition) is 6. The first kappa shape index (κ1) is 35.8. The summed E-state index contributed by atoms with van der Waals surface area (Å²) >= 11 is 0. The molecule has 0 bridgehead atoms. The van der Waals surface area contributed by atoms with Gasteiger partial charge in [-0.15, -0.1) is 0 Å². The van der Waals surface area contributed by atoms with Crippen molar-refractivity contribution < 1.29 is 28.9 Å². The van der Waals surface area contributed by atoms with Gasteiger partial charge in [0, 0.05) is 0 Å². The Bertz CT molecular complexity index is 1490. The van der Waals surface area contributed by atoms with Crippen LogP contribution in [0.25, 0.3) is 0 Å². The number of rotatable bonds is 12. The van der Waals surface area contributed by atoms with Gasteiger partial charge in [-0.2, -0.15) is 0 Å². The van der Waals surface area contributed by atoms with Crippen LogP contribution in [0.3, 0.4) is 0 Å². The van der Waals surface area contributed by atoms with E-state index in [9.17, 15) is 14.7 Å². The van der Waals surface area contributed by atoms with Gasteiger partial charge in [0.15, 0.2) is 0 Å². The third-order valence-electron chi connectivity index (χ3n) is 8.08. The number of ether oxygens (including phenoxy) is 3. The highest BCUT2D eigenvalue weighted by Gasteiger charge is 2.53. The highest BCUT2D eigenvalue weighted by Crippen LogP contribution is 2.52. The minimum atomic E-state index is -1.14. The molecule has 0 radical (unpaired) electrons. The first-order valence-electron chi connectivity index (χ1n) is 16.6. The van der Waals surface area contributed by atoms with Crippen molar-refractivity contribution in [2.75, 3.05) is 6.54 Å². The number of aliphatic hydroxyl groups is 1. The number of benzene rings is 3. The smallest absolute Gasteiger partial charge is 0.411 e. The summed E-state index contributed by atoms with van der Waals surface area (Å²) in [6.07, 6.45) is -0.531. The summed E-state index contributed by atoms with van der Waals surface area (Å²) in [7, 11) is 0. The van der Waals surface area contributed by atoms with Crippen LogP contribution in [0, 0.1) is 0 Å². The lowest BCUT2D eigenvalue weighted by molar-refractivity contribution is -0.00669. The molecule has 0 aliphatic heterocycles. The zero-order valence-electron chi connectivity index (χ0n) is 29.2. The van der Waals surface area contributed by atoms with E-state index < -0.39 is 41.1 Å². The second kappa shape index (κ2) is 14.8. The summed E-state index contributed by atoms with van der Waals surface area (Å²) in [5.41, 5.74) is 2.02. The van der Waals surface area contributed by atoms with Crippen LogP contribution >= 0.6 is 0 Å². The van der Waals surface area contributed by atoms with Crippen LogP contribution in [0.15, 0.2) is 78.9 Å². The third-order valence-corrected chi connectivity index (χ3v) is 8.08. The average Bonchev–Trinajstić information content (AvgIpc) is 3.79. The Labute approximate surface area is 280 Å². The van der Waals surface area contributed by atoms with E-state index in [2.05, 4.69) is 31.3 Å². The summed E-state index contributed by atoms with van der Waals surface area (Å²) in [5, 5.41) is 14.8. The first-order chi connectivity index (χ1) is 22.0. The number of nitrogens with zero attached hydrogens (tertiary/aromatic N) is 1. The van der Waals surface area contributed by atoms with Crippen molar-refractivity contribution in [3.63, 3.8) is 0 Å². The summed E-state index contributed by atoms with van der Waals surface area (Å²) < 4.78 is 17.5. The first-order valence-corrected chi connectivity index (χ1v) is 16.6. The van der Waals surface area contributed by atoms with Gasteiger partial charge in [-0.3, -0.25) is 4.90 Å². The molecule has 2 atom stereocenters. The molecule has 2 amide bonds. The predicted molar refractivity (Wildman–Crippen MR) is 184 cm³/mol. The van der Waals surface area contributed by atoms with Gasteiger partial charge >= 0.3 is 12.2 Å². The molecule has 2 N–H and O–H groups in total. The molecule has 3 aromatic rings. The fourth-order valence-electron chi connectivity index (χ4n) is 5.57. The zero-order chi connectivity index (χ0) is 34.4. The molecule has 0 saturated heterocycles. The SMILES string of the molecule is CC(C)c1cccc(C2(N(CC(O)C(Cc3cccc(OCc4ccccc4)c3)NC(=O)OC(C)(C)C)C(=O)OC(C)(C)C)CC2)c1. The van der Waals surface area contributed by atoms with Crippen molar-refractivity contribution in [2.24, 2.45) is 0 Å². The third kappa shape index (κ3) is 10.5. The standard InChI is InChI=1S/C39H52N2O6/c1-27(2)30-17-13-18-31(24-30)39(20-21-39)41(36(44)47-38(6,7)8)25-34(42)33(40-35(43)46-37(3,4)5)23-29-16-12-19-32(22-29)45-26-28-14-10-9-11-15-28/h9-19,22,24,27,33-34,42H,20-21,23,25-26H2,1-8H3,(H,40,43). The second-order valence-corrected chi connectivity index (χ2v) is 14.8.